The van der Waals surface area contributed by atoms with Crippen LogP contribution in [0.1, 0.15) is 18.4 Å². The second kappa shape index (κ2) is 4.22. The Morgan fingerprint density at radius 2 is 1.83 bits per heavy atom. The van der Waals surface area contributed by atoms with Crippen molar-refractivity contribution in [1.82, 2.24) is 0 Å². The molecule has 0 aliphatic rings. The van der Waals surface area contributed by atoms with Crippen molar-refractivity contribution in [2.45, 2.75) is 12.8 Å². The van der Waals surface area contributed by atoms with Crippen molar-refractivity contribution in [2.24, 2.45) is 0 Å². The summed E-state index contributed by atoms with van der Waals surface area (Å²) in [7, 11) is 0. The Labute approximate surface area is 87.5 Å². The van der Waals surface area contributed by atoms with Crippen LogP contribution in [0.3, 0.4) is 0 Å². The molecule has 12 heavy (non-hydrogen) atoms. The number of hydrogen-bond donors (Lipinski definition) is 0. The normalized spacial score (nSPS) is 12.6. The summed E-state index contributed by atoms with van der Waals surface area (Å²) in [5.74, 6) is 0.110. The van der Waals surface area contributed by atoms with E-state index in [1.807, 2.05) is 31.2 Å². The van der Waals surface area contributed by atoms with Crippen molar-refractivity contribution in [3.05, 3.63) is 34.9 Å². The fraction of sp³-hybridized carbons (Fsp3) is 0.222. The lowest BCUT2D eigenvalue weighted by Gasteiger charge is -2.07. The Morgan fingerprint density at radius 1 is 1.33 bits per heavy atom. The van der Waals surface area contributed by atoms with Crippen LogP contribution < -0.4 is 0 Å². The van der Waals surface area contributed by atoms with Crippen molar-refractivity contribution in [3.63, 3.8) is 0 Å². The molecule has 0 spiro atoms. The smallest absolute Gasteiger partial charge is 0.0843 e. The zero-order chi connectivity index (χ0) is 9.14. The van der Waals surface area contributed by atoms with Crippen molar-refractivity contribution < 1.29 is 0 Å². The predicted molar refractivity (Wildman–Crippen MR) is 58.3 cm³/mol. The molecule has 0 fully saturated rings. The van der Waals surface area contributed by atoms with E-state index in [1.165, 1.54) is 0 Å². The number of hydrogen-bond acceptors (Lipinski definition) is 1. The molecule has 1 atom stereocenters. The van der Waals surface area contributed by atoms with Gasteiger partial charge in [0.15, 0.2) is 0 Å². The number of rotatable bonds is 2. The standard InChI is InChI=1S/C9H8Cl2S/c1-6(9(11)12)7-2-4-8(10)5-3-7/h2-6H,1H3. The molecule has 0 bridgehead atoms. The average Bonchev–Trinajstić information content (AvgIpc) is 2.04. The van der Waals surface area contributed by atoms with E-state index in [1.54, 1.807) is 0 Å². The molecule has 1 aromatic rings. The minimum absolute atomic E-state index is 0.110. The van der Waals surface area contributed by atoms with E-state index in [-0.39, 0.29) is 5.92 Å². The number of halogens is 2. The highest BCUT2D eigenvalue weighted by Crippen LogP contribution is 2.20. The summed E-state index contributed by atoms with van der Waals surface area (Å²) in [6, 6.07) is 7.54. The van der Waals surface area contributed by atoms with E-state index < -0.39 is 0 Å². The molecule has 64 valence electrons. The molecule has 0 N–H and O–H groups in total. The molecule has 1 rings (SSSR count). The van der Waals surface area contributed by atoms with Crippen molar-refractivity contribution in [1.29, 1.82) is 0 Å². The maximum atomic E-state index is 5.73. The van der Waals surface area contributed by atoms with Crippen molar-refractivity contribution in [2.75, 3.05) is 0 Å². The van der Waals surface area contributed by atoms with Gasteiger partial charge in [0, 0.05) is 10.9 Å². The Bertz CT molecular complexity index is 279. The topological polar surface area (TPSA) is 0 Å². The fourth-order valence-corrected chi connectivity index (χ4v) is 1.27. The van der Waals surface area contributed by atoms with Gasteiger partial charge in [-0.15, -0.1) is 0 Å². The highest BCUT2D eigenvalue weighted by molar-refractivity contribution is 7.83. The molecule has 0 radical (unpaired) electrons. The van der Waals surface area contributed by atoms with Crippen LogP contribution in [0.15, 0.2) is 24.3 Å². The van der Waals surface area contributed by atoms with Gasteiger partial charge in [0.25, 0.3) is 0 Å². The molecule has 0 aliphatic carbocycles. The van der Waals surface area contributed by atoms with Crippen LogP contribution in [-0.4, -0.2) is 4.32 Å². The first-order chi connectivity index (χ1) is 5.61. The zero-order valence-electron chi connectivity index (χ0n) is 6.55. The summed E-state index contributed by atoms with van der Waals surface area (Å²) in [5.41, 5.74) is 1.10. The van der Waals surface area contributed by atoms with E-state index >= 15 is 0 Å². The third kappa shape index (κ3) is 2.44. The van der Waals surface area contributed by atoms with Gasteiger partial charge in [-0.25, -0.2) is 0 Å². The monoisotopic (exact) mass is 218 g/mol. The molecule has 0 saturated heterocycles. The van der Waals surface area contributed by atoms with Crippen LogP contribution in [0.5, 0.6) is 0 Å². The van der Waals surface area contributed by atoms with Crippen LogP contribution >= 0.6 is 35.4 Å². The predicted octanol–water partition coefficient (Wildman–Crippen LogP) is 4.01. The van der Waals surface area contributed by atoms with E-state index in [4.69, 9.17) is 35.4 Å². The van der Waals surface area contributed by atoms with Gasteiger partial charge in [-0.3, -0.25) is 0 Å². The Morgan fingerprint density at radius 3 is 2.25 bits per heavy atom. The lowest BCUT2D eigenvalue weighted by atomic mass is 10.0. The minimum Gasteiger partial charge on any atom is -0.0843 e. The second-order valence-corrected chi connectivity index (χ2v) is 4.08. The molecule has 0 nitrogen and oxygen atoms in total. The van der Waals surface area contributed by atoms with Gasteiger partial charge in [0.05, 0.1) is 4.32 Å². The average molecular weight is 219 g/mol. The van der Waals surface area contributed by atoms with Crippen LogP contribution in [0.25, 0.3) is 0 Å². The summed E-state index contributed by atoms with van der Waals surface area (Å²) < 4.78 is 0.484. The Balaban J connectivity index is 2.89. The zero-order valence-corrected chi connectivity index (χ0v) is 8.88. The van der Waals surface area contributed by atoms with E-state index in [9.17, 15) is 0 Å². The van der Waals surface area contributed by atoms with Gasteiger partial charge >= 0.3 is 0 Å². The number of benzene rings is 1. The molecule has 0 aromatic heterocycles. The van der Waals surface area contributed by atoms with E-state index in [0.717, 1.165) is 10.6 Å². The minimum atomic E-state index is 0.110. The largest absolute Gasteiger partial charge is 0.0880 e. The fourth-order valence-electron chi connectivity index (χ4n) is 0.882. The summed E-state index contributed by atoms with van der Waals surface area (Å²) >= 11 is 16.3. The van der Waals surface area contributed by atoms with Gasteiger partial charge in [-0.1, -0.05) is 54.5 Å². The summed E-state index contributed by atoms with van der Waals surface area (Å²) in [4.78, 5) is 0. The highest BCUT2D eigenvalue weighted by atomic mass is 35.5. The molecule has 0 saturated carbocycles. The second-order valence-electron chi connectivity index (χ2n) is 2.58. The summed E-state index contributed by atoms with van der Waals surface area (Å²) in [6.07, 6.45) is 0. The first-order valence-electron chi connectivity index (χ1n) is 3.56. The quantitative estimate of drug-likeness (QED) is 0.535. The van der Waals surface area contributed by atoms with Gasteiger partial charge in [-0.2, -0.15) is 0 Å². The molecule has 0 heterocycles. The lowest BCUT2D eigenvalue weighted by molar-refractivity contribution is 1.05. The third-order valence-corrected chi connectivity index (χ3v) is 2.64. The first kappa shape index (κ1) is 9.97. The summed E-state index contributed by atoms with van der Waals surface area (Å²) in [6.45, 7) is 1.97. The van der Waals surface area contributed by atoms with Crippen molar-refractivity contribution in [3.8, 4) is 0 Å². The SMILES string of the molecule is CC(C(=S)Cl)c1ccc(Cl)cc1. The molecular weight excluding hydrogens is 211 g/mol. The lowest BCUT2D eigenvalue weighted by Crippen LogP contribution is -1.98. The third-order valence-electron chi connectivity index (χ3n) is 1.71. The van der Waals surface area contributed by atoms with Gasteiger partial charge in [0.1, 0.15) is 0 Å². The van der Waals surface area contributed by atoms with Crippen LogP contribution in [0.2, 0.25) is 5.02 Å². The van der Waals surface area contributed by atoms with Crippen LogP contribution in [0, 0.1) is 0 Å². The Hall–Kier alpha value is -0.110. The molecule has 1 aromatic carbocycles. The molecule has 0 amide bonds. The van der Waals surface area contributed by atoms with E-state index in [2.05, 4.69) is 0 Å². The first-order valence-corrected chi connectivity index (χ1v) is 4.72. The van der Waals surface area contributed by atoms with Gasteiger partial charge in [0.2, 0.25) is 0 Å². The van der Waals surface area contributed by atoms with Gasteiger partial charge < -0.3 is 0 Å². The molecule has 1 unspecified atom stereocenters. The van der Waals surface area contributed by atoms with E-state index in [0.29, 0.717) is 4.32 Å². The highest BCUT2D eigenvalue weighted by Gasteiger charge is 2.07. The molecule has 3 heteroatoms. The maximum Gasteiger partial charge on any atom is 0.0880 e. The Kier molecular flexibility index (Phi) is 3.51. The van der Waals surface area contributed by atoms with Gasteiger partial charge in [-0.05, 0) is 17.7 Å². The summed E-state index contributed by atoms with van der Waals surface area (Å²) in [5, 5.41) is 0.728. The maximum absolute atomic E-state index is 5.73. The van der Waals surface area contributed by atoms with Crippen LogP contribution in [0.4, 0.5) is 0 Å². The van der Waals surface area contributed by atoms with Crippen LogP contribution in [-0.2, 0) is 0 Å². The number of thiocarbonyl (C=S) groups is 1. The van der Waals surface area contributed by atoms with Crippen molar-refractivity contribution >= 4 is 39.7 Å². The molecular formula is C9H8Cl2S. The molecule has 0 aliphatic heterocycles.